The molecule has 1 amide bonds. The van der Waals surface area contributed by atoms with E-state index in [-0.39, 0.29) is 23.2 Å². The molecule has 7 heteroatoms. The third-order valence-electron chi connectivity index (χ3n) is 2.80. The fraction of sp³-hybridized carbons (Fsp3) is 0.538. The monoisotopic (exact) mass is 277 g/mol. The van der Waals surface area contributed by atoms with Crippen molar-refractivity contribution in [2.45, 2.75) is 40.5 Å². The number of H-pyrrole nitrogens is 1. The maximum absolute atomic E-state index is 11.9. The summed E-state index contributed by atoms with van der Waals surface area (Å²) in [4.78, 5) is 32.2. The summed E-state index contributed by atoms with van der Waals surface area (Å²) >= 11 is 0. The summed E-state index contributed by atoms with van der Waals surface area (Å²) in [6.07, 6.45) is 1.63. The largest absolute Gasteiger partial charge is 0.294 e. The van der Waals surface area contributed by atoms with Gasteiger partial charge in [0.15, 0.2) is 0 Å². The van der Waals surface area contributed by atoms with Crippen LogP contribution in [0.25, 0.3) is 5.78 Å². The molecule has 0 aromatic carbocycles. The third kappa shape index (κ3) is 2.87. The van der Waals surface area contributed by atoms with Gasteiger partial charge in [-0.25, -0.2) is 4.98 Å². The number of nitrogens with zero attached hydrogens (tertiary/aromatic N) is 3. The van der Waals surface area contributed by atoms with Crippen LogP contribution in [-0.4, -0.2) is 25.5 Å². The van der Waals surface area contributed by atoms with Crippen molar-refractivity contribution in [3.63, 3.8) is 0 Å². The molecule has 0 atom stereocenters. The molecule has 0 aliphatic rings. The highest BCUT2D eigenvalue weighted by atomic mass is 16.2. The molecule has 7 nitrogen and oxygen atoms in total. The topological polar surface area (TPSA) is 92.2 Å². The third-order valence-corrected chi connectivity index (χ3v) is 2.80. The van der Waals surface area contributed by atoms with Crippen molar-refractivity contribution in [1.29, 1.82) is 0 Å². The second kappa shape index (κ2) is 5.07. The molecule has 2 aromatic rings. The fourth-order valence-corrected chi connectivity index (χ4v) is 1.66. The Balaban J connectivity index is 2.36. The maximum Gasteiger partial charge on any atom is 0.274 e. The minimum atomic E-state index is -0.537. The van der Waals surface area contributed by atoms with E-state index in [2.05, 4.69) is 20.4 Å². The number of aromatic nitrogens is 4. The van der Waals surface area contributed by atoms with Gasteiger partial charge in [0.05, 0.1) is 5.69 Å². The van der Waals surface area contributed by atoms with Gasteiger partial charge < -0.3 is 0 Å². The molecule has 0 spiro atoms. The molecule has 0 unspecified atom stereocenters. The lowest BCUT2D eigenvalue weighted by Gasteiger charge is -2.15. The van der Waals surface area contributed by atoms with Gasteiger partial charge in [-0.05, 0) is 6.42 Å². The molecule has 0 aliphatic heterocycles. The van der Waals surface area contributed by atoms with Crippen molar-refractivity contribution in [3.05, 3.63) is 22.1 Å². The molecule has 0 saturated carbocycles. The number of nitrogens with one attached hydrogen (secondary N) is 2. The van der Waals surface area contributed by atoms with Gasteiger partial charge in [-0.1, -0.05) is 34.1 Å². The first kappa shape index (κ1) is 14.2. The lowest BCUT2D eigenvalue weighted by atomic mass is 9.96. The van der Waals surface area contributed by atoms with E-state index in [0.717, 1.165) is 12.8 Å². The highest BCUT2D eigenvalue weighted by Crippen LogP contribution is 2.15. The minimum Gasteiger partial charge on any atom is -0.294 e. The Morgan fingerprint density at radius 1 is 1.40 bits per heavy atom. The number of aryl methyl sites for hydroxylation is 1. The first-order chi connectivity index (χ1) is 9.31. The number of carbonyl (C=O) groups is 1. The Hall–Kier alpha value is -2.18. The number of hydrogen-bond acceptors (Lipinski definition) is 4. The van der Waals surface area contributed by atoms with Gasteiger partial charge in [-0.15, -0.1) is 0 Å². The van der Waals surface area contributed by atoms with Gasteiger partial charge in [0, 0.05) is 11.5 Å². The Bertz CT molecular complexity index is 693. The summed E-state index contributed by atoms with van der Waals surface area (Å²) in [5, 5.41) is 5.38. The molecule has 0 aliphatic carbocycles. The Labute approximate surface area is 116 Å². The number of hydrogen-bond donors (Lipinski definition) is 2. The molecule has 108 valence electrons. The van der Waals surface area contributed by atoms with Crippen molar-refractivity contribution in [2.24, 2.45) is 5.41 Å². The highest BCUT2D eigenvalue weighted by molar-refractivity contribution is 5.93. The SMILES string of the molecule is CCCc1cc(=O)n2[nH]c(NC(=O)C(C)(C)C)nc2n1. The normalized spacial score (nSPS) is 11.8. The second-order valence-corrected chi connectivity index (χ2v) is 5.75. The Kier molecular flexibility index (Phi) is 3.61. The van der Waals surface area contributed by atoms with Crippen LogP contribution in [0.2, 0.25) is 0 Å². The Morgan fingerprint density at radius 2 is 2.10 bits per heavy atom. The van der Waals surface area contributed by atoms with E-state index in [1.54, 1.807) is 20.8 Å². The average molecular weight is 277 g/mol. The van der Waals surface area contributed by atoms with Crippen LogP contribution in [0.1, 0.15) is 39.8 Å². The van der Waals surface area contributed by atoms with E-state index in [9.17, 15) is 9.59 Å². The van der Waals surface area contributed by atoms with Gasteiger partial charge in [0.25, 0.3) is 11.3 Å². The van der Waals surface area contributed by atoms with Crippen molar-refractivity contribution in [3.8, 4) is 0 Å². The zero-order chi connectivity index (χ0) is 14.9. The van der Waals surface area contributed by atoms with Gasteiger partial charge in [0.1, 0.15) is 0 Å². The highest BCUT2D eigenvalue weighted by Gasteiger charge is 2.22. The number of rotatable bonds is 3. The Morgan fingerprint density at radius 3 is 2.70 bits per heavy atom. The molecular weight excluding hydrogens is 258 g/mol. The standard InChI is InChI=1S/C13H19N5O2/c1-5-6-8-7-9(19)18-12(14-8)16-11(17-18)15-10(20)13(2,3)4/h7H,5-6H2,1-4H3,(H2,14,15,16,17,20). The summed E-state index contributed by atoms with van der Waals surface area (Å²) < 4.78 is 1.22. The molecule has 0 bridgehead atoms. The summed E-state index contributed by atoms with van der Waals surface area (Å²) in [6, 6.07) is 1.48. The smallest absolute Gasteiger partial charge is 0.274 e. The van der Waals surface area contributed by atoms with Crippen LogP contribution < -0.4 is 10.9 Å². The molecule has 0 saturated heterocycles. The lowest BCUT2D eigenvalue weighted by Crippen LogP contribution is -2.28. The average Bonchev–Trinajstić information content (AvgIpc) is 2.71. The van der Waals surface area contributed by atoms with E-state index in [1.807, 2.05) is 6.92 Å². The minimum absolute atomic E-state index is 0.182. The first-order valence-electron chi connectivity index (χ1n) is 6.61. The van der Waals surface area contributed by atoms with Crippen molar-refractivity contribution >= 4 is 17.6 Å². The fourth-order valence-electron chi connectivity index (χ4n) is 1.66. The van der Waals surface area contributed by atoms with Gasteiger partial charge in [-0.3, -0.25) is 20.0 Å². The van der Waals surface area contributed by atoms with E-state index in [4.69, 9.17) is 0 Å². The lowest BCUT2D eigenvalue weighted by molar-refractivity contribution is -0.123. The van der Waals surface area contributed by atoms with E-state index in [0.29, 0.717) is 5.69 Å². The van der Waals surface area contributed by atoms with Crippen LogP contribution in [0.4, 0.5) is 5.95 Å². The quantitative estimate of drug-likeness (QED) is 0.885. The van der Waals surface area contributed by atoms with Gasteiger partial charge >= 0.3 is 0 Å². The zero-order valence-corrected chi connectivity index (χ0v) is 12.1. The van der Waals surface area contributed by atoms with Crippen molar-refractivity contribution in [1.82, 2.24) is 19.6 Å². The van der Waals surface area contributed by atoms with E-state index >= 15 is 0 Å². The van der Waals surface area contributed by atoms with Crippen LogP contribution in [0.3, 0.4) is 0 Å². The van der Waals surface area contributed by atoms with Crippen LogP contribution in [-0.2, 0) is 11.2 Å². The van der Waals surface area contributed by atoms with Crippen LogP contribution in [0.15, 0.2) is 10.9 Å². The molecule has 2 aromatic heterocycles. The zero-order valence-electron chi connectivity index (χ0n) is 12.1. The molecule has 2 heterocycles. The molecule has 0 fully saturated rings. The van der Waals surface area contributed by atoms with Crippen LogP contribution >= 0.6 is 0 Å². The van der Waals surface area contributed by atoms with Crippen molar-refractivity contribution < 1.29 is 4.79 Å². The van der Waals surface area contributed by atoms with Crippen LogP contribution in [0, 0.1) is 5.41 Å². The van der Waals surface area contributed by atoms with Crippen molar-refractivity contribution in [2.75, 3.05) is 5.32 Å². The molecule has 2 N–H and O–H groups in total. The second-order valence-electron chi connectivity index (χ2n) is 5.75. The molecular formula is C13H19N5O2. The first-order valence-corrected chi connectivity index (χ1v) is 6.61. The number of aromatic amines is 1. The molecule has 0 radical (unpaired) electrons. The summed E-state index contributed by atoms with van der Waals surface area (Å²) in [5.74, 6) is 0.312. The summed E-state index contributed by atoms with van der Waals surface area (Å²) in [6.45, 7) is 7.42. The number of fused-ring (bicyclic) bond motifs is 1. The van der Waals surface area contributed by atoms with E-state index in [1.165, 1.54) is 10.6 Å². The molecule has 2 rings (SSSR count). The molecule has 20 heavy (non-hydrogen) atoms. The van der Waals surface area contributed by atoms with Gasteiger partial charge in [-0.2, -0.15) is 9.50 Å². The number of carbonyl (C=O) groups excluding carboxylic acids is 1. The van der Waals surface area contributed by atoms with Crippen LogP contribution in [0.5, 0.6) is 0 Å². The summed E-state index contributed by atoms with van der Waals surface area (Å²) in [5.41, 5.74) is -0.0648. The summed E-state index contributed by atoms with van der Waals surface area (Å²) in [7, 11) is 0. The number of amides is 1. The predicted molar refractivity (Wildman–Crippen MR) is 75.7 cm³/mol. The van der Waals surface area contributed by atoms with Gasteiger partial charge in [0.2, 0.25) is 11.9 Å². The maximum atomic E-state index is 11.9. The predicted octanol–water partition coefficient (Wildman–Crippen LogP) is 1.35. The van der Waals surface area contributed by atoms with E-state index < -0.39 is 5.41 Å². The number of anilines is 1.